The van der Waals surface area contributed by atoms with Crippen molar-refractivity contribution in [2.45, 2.75) is 20.3 Å². The summed E-state index contributed by atoms with van der Waals surface area (Å²) in [5, 5.41) is 10.2. The zero-order valence-electron chi connectivity index (χ0n) is 8.19. The summed E-state index contributed by atoms with van der Waals surface area (Å²) in [5.74, 6) is -1.90. The maximum atomic E-state index is 11.1. The summed E-state index contributed by atoms with van der Waals surface area (Å²) in [7, 11) is 0. The Balaban J connectivity index is 4.29. The van der Waals surface area contributed by atoms with Crippen LogP contribution in [0.25, 0.3) is 0 Å². The Morgan fingerprint density at radius 2 is 2.07 bits per heavy atom. The second kappa shape index (κ2) is 6.06. The fraction of sp³-hybridized carbons (Fsp3) is 0.750. The topological polar surface area (TPSA) is 86.5 Å². The molecule has 80 valence electrons. The number of ketones is 1. The number of ether oxygens (including phenoxy) is 1. The molecule has 0 aliphatic rings. The van der Waals surface area contributed by atoms with Crippen molar-refractivity contribution in [1.82, 2.24) is 0 Å². The average molecular weight is 203 g/mol. The molecule has 0 unspecified atom stereocenters. The van der Waals surface area contributed by atoms with Gasteiger partial charge in [0.15, 0.2) is 0 Å². The van der Waals surface area contributed by atoms with Crippen LogP contribution >= 0.6 is 0 Å². The van der Waals surface area contributed by atoms with Crippen molar-refractivity contribution in [2.75, 3.05) is 13.2 Å². The summed E-state index contributed by atoms with van der Waals surface area (Å²) in [6, 6.07) is 0. The number of nitrogens with zero attached hydrogens (tertiary/aromatic N) is 1. The Morgan fingerprint density at radius 3 is 2.43 bits per heavy atom. The Bertz CT molecular complexity index is 222. The van der Waals surface area contributed by atoms with Gasteiger partial charge in [0.1, 0.15) is 11.7 Å². The van der Waals surface area contributed by atoms with E-state index in [9.17, 15) is 19.7 Å². The molecule has 0 aliphatic carbocycles. The molecular formula is C8H13NO5. The van der Waals surface area contributed by atoms with Crippen LogP contribution < -0.4 is 0 Å². The predicted molar refractivity (Wildman–Crippen MR) is 47.3 cm³/mol. The number of carbonyl (C=O) groups is 2. The molecule has 0 radical (unpaired) electrons. The molecule has 0 saturated carbocycles. The summed E-state index contributed by atoms with van der Waals surface area (Å²) in [4.78, 5) is 31.4. The molecule has 0 heterocycles. The standard InChI is InChI=1S/C8H13NO5/c1-3-14-8(11)7(4-6(2)10)5-9(12)13/h7H,3-5H2,1-2H3/t7-/m1/s1. The number of carbonyl (C=O) groups excluding carboxylic acids is 2. The van der Waals surface area contributed by atoms with Gasteiger partial charge < -0.3 is 4.74 Å². The molecule has 0 amide bonds. The molecule has 0 N–H and O–H groups in total. The molecule has 6 heteroatoms. The van der Waals surface area contributed by atoms with Crippen molar-refractivity contribution < 1.29 is 19.2 Å². The van der Waals surface area contributed by atoms with Gasteiger partial charge in [-0.3, -0.25) is 19.7 Å². The highest BCUT2D eigenvalue weighted by Gasteiger charge is 2.26. The SMILES string of the molecule is CCOC(=O)[C@H](CC(C)=O)C[N+](=O)[O-]. The number of hydrogen-bond acceptors (Lipinski definition) is 5. The number of esters is 1. The van der Waals surface area contributed by atoms with E-state index in [1.165, 1.54) is 6.92 Å². The maximum absolute atomic E-state index is 11.1. The first kappa shape index (κ1) is 12.5. The Hall–Kier alpha value is -1.46. The number of hydrogen-bond donors (Lipinski definition) is 0. The van der Waals surface area contributed by atoms with Gasteiger partial charge in [-0.2, -0.15) is 0 Å². The van der Waals surface area contributed by atoms with E-state index in [4.69, 9.17) is 0 Å². The van der Waals surface area contributed by atoms with Gasteiger partial charge >= 0.3 is 5.97 Å². The highest BCUT2D eigenvalue weighted by molar-refractivity contribution is 5.82. The quantitative estimate of drug-likeness (QED) is 0.354. The molecule has 0 fully saturated rings. The third kappa shape index (κ3) is 5.23. The fourth-order valence-electron chi connectivity index (χ4n) is 1.01. The van der Waals surface area contributed by atoms with Gasteiger partial charge in [0.2, 0.25) is 6.54 Å². The lowest BCUT2D eigenvalue weighted by Gasteiger charge is -2.09. The van der Waals surface area contributed by atoms with E-state index in [1.54, 1.807) is 6.92 Å². The molecule has 6 nitrogen and oxygen atoms in total. The average Bonchev–Trinajstić information content (AvgIpc) is 2.01. The first-order valence-electron chi connectivity index (χ1n) is 4.25. The van der Waals surface area contributed by atoms with Crippen LogP contribution in [0.5, 0.6) is 0 Å². The fourth-order valence-corrected chi connectivity index (χ4v) is 1.01. The van der Waals surface area contributed by atoms with Crippen LogP contribution in [0.1, 0.15) is 20.3 Å². The maximum Gasteiger partial charge on any atom is 0.316 e. The highest BCUT2D eigenvalue weighted by atomic mass is 16.6. The van der Waals surface area contributed by atoms with Crippen molar-refractivity contribution >= 4 is 11.8 Å². The smallest absolute Gasteiger partial charge is 0.316 e. The minimum absolute atomic E-state index is 0.139. The Kier molecular flexibility index (Phi) is 5.43. The number of rotatable bonds is 6. The van der Waals surface area contributed by atoms with E-state index in [-0.39, 0.29) is 18.8 Å². The largest absolute Gasteiger partial charge is 0.466 e. The van der Waals surface area contributed by atoms with E-state index in [0.29, 0.717) is 0 Å². The highest BCUT2D eigenvalue weighted by Crippen LogP contribution is 2.07. The van der Waals surface area contributed by atoms with Crippen LogP contribution in [0.3, 0.4) is 0 Å². The Morgan fingerprint density at radius 1 is 1.50 bits per heavy atom. The minimum Gasteiger partial charge on any atom is -0.466 e. The molecule has 1 atom stereocenters. The van der Waals surface area contributed by atoms with Crippen LogP contribution in [0.4, 0.5) is 0 Å². The molecule has 0 saturated heterocycles. The second-order valence-corrected chi connectivity index (χ2v) is 2.87. The summed E-state index contributed by atoms with van der Waals surface area (Å²) < 4.78 is 4.61. The third-order valence-corrected chi connectivity index (χ3v) is 1.52. The first-order chi connectivity index (χ1) is 6.47. The zero-order valence-corrected chi connectivity index (χ0v) is 8.19. The first-order valence-corrected chi connectivity index (χ1v) is 4.25. The van der Waals surface area contributed by atoms with Crippen LogP contribution in [0, 0.1) is 16.0 Å². The molecule has 0 aromatic carbocycles. The van der Waals surface area contributed by atoms with Crippen molar-refractivity contribution in [1.29, 1.82) is 0 Å². The van der Waals surface area contributed by atoms with Crippen molar-refractivity contribution in [3.63, 3.8) is 0 Å². The van der Waals surface area contributed by atoms with Gasteiger partial charge in [-0.05, 0) is 13.8 Å². The van der Waals surface area contributed by atoms with Crippen LogP contribution in [0.2, 0.25) is 0 Å². The van der Waals surface area contributed by atoms with Crippen LogP contribution in [-0.4, -0.2) is 29.8 Å². The molecule has 0 bridgehead atoms. The van der Waals surface area contributed by atoms with Crippen molar-refractivity contribution in [3.8, 4) is 0 Å². The van der Waals surface area contributed by atoms with Crippen LogP contribution in [-0.2, 0) is 14.3 Å². The normalized spacial score (nSPS) is 11.9. The number of Topliss-reactive ketones (excluding diaryl/α,β-unsaturated/α-hetero) is 1. The Labute approximate surface area is 81.4 Å². The van der Waals surface area contributed by atoms with Gasteiger partial charge in [-0.25, -0.2) is 0 Å². The van der Waals surface area contributed by atoms with Crippen LogP contribution in [0.15, 0.2) is 0 Å². The van der Waals surface area contributed by atoms with E-state index in [2.05, 4.69) is 4.74 Å². The minimum atomic E-state index is -0.956. The van der Waals surface area contributed by atoms with Gasteiger partial charge in [-0.1, -0.05) is 0 Å². The molecule has 0 aromatic rings. The number of nitro groups is 1. The predicted octanol–water partition coefficient (Wildman–Crippen LogP) is 0.422. The third-order valence-electron chi connectivity index (χ3n) is 1.52. The molecule has 0 rings (SSSR count). The zero-order chi connectivity index (χ0) is 11.1. The summed E-state index contributed by atoms with van der Waals surface area (Å²) in [6.07, 6.45) is -0.139. The van der Waals surface area contributed by atoms with Crippen molar-refractivity contribution in [2.24, 2.45) is 5.92 Å². The lowest BCUT2D eigenvalue weighted by atomic mass is 10.0. The van der Waals surface area contributed by atoms with Crippen molar-refractivity contribution in [3.05, 3.63) is 10.1 Å². The monoisotopic (exact) mass is 203 g/mol. The molecule has 0 aromatic heterocycles. The molecule has 0 spiro atoms. The van der Waals surface area contributed by atoms with E-state index in [1.807, 2.05) is 0 Å². The molecule has 14 heavy (non-hydrogen) atoms. The van der Waals surface area contributed by atoms with Gasteiger partial charge in [0.05, 0.1) is 6.61 Å². The van der Waals surface area contributed by atoms with Gasteiger partial charge in [-0.15, -0.1) is 0 Å². The summed E-state index contributed by atoms with van der Waals surface area (Å²) >= 11 is 0. The molecule has 0 aliphatic heterocycles. The van der Waals surface area contributed by atoms with E-state index < -0.39 is 23.4 Å². The van der Waals surface area contributed by atoms with E-state index >= 15 is 0 Å². The van der Waals surface area contributed by atoms with E-state index in [0.717, 1.165) is 0 Å². The van der Waals surface area contributed by atoms with Gasteiger partial charge in [0.25, 0.3) is 0 Å². The summed E-state index contributed by atoms with van der Waals surface area (Å²) in [6.45, 7) is 2.49. The molecular weight excluding hydrogens is 190 g/mol. The second-order valence-electron chi connectivity index (χ2n) is 2.87. The lowest BCUT2D eigenvalue weighted by Crippen LogP contribution is -2.27. The summed E-state index contributed by atoms with van der Waals surface area (Å²) in [5.41, 5.74) is 0. The van der Waals surface area contributed by atoms with Gasteiger partial charge in [0, 0.05) is 11.3 Å². The lowest BCUT2D eigenvalue weighted by molar-refractivity contribution is -0.486.